The maximum Gasteiger partial charge on any atom is 0.242 e. The second kappa shape index (κ2) is 7.57. The molecule has 4 aromatic rings. The lowest BCUT2D eigenvalue weighted by Gasteiger charge is -2.18. The smallest absolute Gasteiger partial charge is 0.242 e. The number of rotatable bonds is 4. The number of aryl methyl sites for hydroxylation is 1. The maximum atomic E-state index is 11.9. The molecule has 0 aliphatic carbocycles. The number of H-pyrrole nitrogens is 1. The summed E-state index contributed by atoms with van der Waals surface area (Å²) in [4.78, 5) is 20.3. The second-order valence-corrected chi connectivity index (χ2v) is 8.74. The first-order valence-corrected chi connectivity index (χ1v) is 11.0. The van der Waals surface area contributed by atoms with E-state index in [0.29, 0.717) is 21.2 Å². The van der Waals surface area contributed by atoms with E-state index in [1.807, 2.05) is 12.1 Å². The number of aromatic amines is 1. The van der Waals surface area contributed by atoms with Crippen molar-refractivity contribution in [3.63, 3.8) is 0 Å². The van der Waals surface area contributed by atoms with Crippen molar-refractivity contribution in [2.75, 3.05) is 18.0 Å². The van der Waals surface area contributed by atoms with Crippen molar-refractivity contribution in [1.29, 1.82) is 0 Å². The number of nitrogens with two attached hydrogens (primary N) is 1. The van der Waals surface area contributed by atoms with E-state index in [1.54, 1.807) is 6.07 Å². The highest BCUT2D eigenvalue weighted by Crippen LogP contribution is 2.37. The molecule has 1 fully saturated rings. The summed E-state index contributed by atoms with van der Waals surface area (Å²) in [6.07, 6.45) is 4.58. The highest BCUT2D eigenvalue weighted by molar-refractivity contribution is 7.99. The molecule has 1 aromatic carbocycles. The van der Waals surface area contributed by atoms with Gasteiger partial charge in [-0.3, -0.25) is 0 Å². The van der Waals surface area contributed by atoms with Gasteiger partial charge in [-0.15, -0.1) is 0 Å². The topological polar surface area (TPSA) is 111 Å². The van der Waals surface area contributed by atoms with Crippen LogP contribution in [0.25, 0.3) is 22.1 Å². The Morgan fingerprint density at radius 3 is 3.03 bits per heavy atom. The van der Waals surface area contributed by atoms with Gasteiger partial charge < -0.3 is 20.8 Å². The van der Waals surface area contributed by atoms with Crippen LogP contribution in [0.3, 0.4) is 0 Å². The van der Waals surface area contributed by atoms with Crippen LogP contribution in [0.4, 0.5) is 5.82 Å². The first-order valence-electron chi connectivity index (χ1n) is 9.78. The molecular formula is C20H20ClN7OS. The van der Waals surface area contributed by atoms with Gasteiger partial charge in [-0.2, -0.15) is 4.73 Å². The van der Waals surface area contributed by atoms with E-state index in [2.05, 4.69) is 21.8 Å². The molecule has 1 aliphatic rings. The van der Waals surface area contributed by atoms with Gasteiger partial charge in [0.2, 0.25) is 5.52 Å². The number of hydrogen-bond donors (Lipinski definition) is 2. The quantitative estimate of drug-likeness (QED) is 0.284. The molecule has 10 heteroatoms. The van der Waals surface area contributed by atoms with E-state index in [1.165, 1.54) is 24.2 Å². The zero-order chi connectivity index (χ0) is 20.8. The molecule has 1 atom stereocenters. The Labute approximate surface area is 182 Å². The number of nitrogens with zero attached hydrogens (tertiary/aromatic N) is 5. The van der Waals surface area contributed by atoms with Crippen molar-refractivity contribution >= 4 is 51.2 Å². The summed E-state index contributed by atoms with van der Waals surface area (Å²) in [6.45, 7) is 3.63. The maximum absolute atomic E-state index is 11.9. The van der Waals surface area contributed by atoms with Gasteiger partial charge >= 0.3 is 0 Å². The van der Waals surface area contributed by atoms with Gasteiger partial charge in [-0.1, -0.05) is 18.5 Å². The highest BCUT2D eigenvalue weighted by Gasteiger charge is 2.26. The predicted octanol–water partition coefficient (Wildman–Crippen LogP) is 3.04. The monoisotopic (exact) mass is 441 g/mol. The van der Waals surface area contributed by atoms with Crippen molar-refractivity contribution in [2.45, 2.75) is 35.9 Å². The van der Waals surface area contributed by atoms with Crippen LogP contribution in [0, 0.1) is 5.21 Å². The van der Waals surface area contributed by atoms with Gasteiger partial charge in [0.15, 0.2) is 11.4 Å². The molecule has 154 valence electrons. The summed E-state index contributed by atoms with van der Waals surface area (Å²) in [5.74, 6) is 0.813. The van der Waals surface area contributed by atoms with Gasteiger partial charge in [-0.05, 0) is 36.7 Å². The van der Waals surface area contributed by atoms with Crippen molar-refractivity contribution < 1.29 is 4.73 Å². The third kappa shape index (κ3) is 3.32. The van der Waals surface area contributed by atoms with E-state index in [4.69, 9.17) is 27.3 Å². The van der Waals surface area contributed by atoms with Crippen molar-refractivity contribution in [3.8, 4) is 0 Å². The number of hydrogen-bond acceptors (Lipinski definition) is 7. The Hall–Kier alpha value is -2.62. The van der Waals surface area contributed by atoms with Gasteiger partial charge in [0.25, 0.3) is 0 Å². The lowest BCUT2D eigenvalue weighted by atomic mass is 10.3. The average molecular weight is 442 g/mol. The summed E-state index contributed by atoms with van der Waals surface area (Å²) in [7, 11) is 0. The summed E-state index contributed by atoms with van der Waals surface area (Å²) in [5, 5.41) is 14.0. The van der Waals surface area contributed by atoms with Gasteiger partial charge in [0, 0.05) is 35.8 Å². The molecule has 3 N–H and O–H groups in total. The van der Waals surface area contributed by atoms with Crippen molar-refractivity contribution in [3.05, 3.63) is 46.5 Å². The second-order valence-electron chi connectivity index (χ2n) is 7.32. The molecule has 0 saturated carbocycles. The summed E-state index contributed by atoms with van der Waals surface area (Å²) in [5.41, 5.74) is 8.95. The molecule has 1 aliphatic heterocycles. The van der Waals surface area contributed by atoms with Gasteiger partial charge in [0.1, 0.15) is 17.0 Å². The number of anilines is 1. The molecule has 0 spiro atoms. The number of fused-ring (bicyclic) bond motifs is 2. The van der Waals surface area contributed by atoms with Crippen LogP contribution in [0.15, 0.2) is 40.6 Å². The van der Waals surface area contributed by atoms with Crippen LogP contribution < -0.4 is 15.4 Å². The molecule has 1 saturated heterocycles. The molecule has 4 heterocycles. The third-order valence-corrected chi connectivity index (χ3v) is 6.58. The van der Waals surface area contributed by atoms with E-state index in [0.717, 1.165) is 58.1 Å². The first-order chi connectivity index (χ1) is 14.5. The average Bonchev–Trinajstić information content (AvgIpc) is 3.31. The summed E-state index contributed by atoms with van der Waals surface area (Å²) < 4.78 is 0.807. The lowest BCUT2D eigenvalue weighted by molar-refractivity contribution is -0.577. The molecular weight excluding hydrogens is 422 g/mol. The summed E-state index contributed by atoms with van der Waals surface area (Å²) >= 11 is 8.08. The summed E-state index contributed by atoms with van der Waals surface area (Å²) in [6, 6.07) is 5.63. The Balaban J connectivity index is 1.59. The number of aromatic nitrogens is 5. The van der Waals surface area contributed by atoms with E-state index < -0.39 is 0 Å². The molecule has 0 amide bonds. The third-order valence-electron chi connectivity index (χ3n) is 5.31. The van der Waals surface area contributed by atoms with Crippen LogP contribution in [0.5, 0.6) is 0 Å². The van der Waals surface area contributed by atoms with Crippen LogP contribution in [-0.2, 0) is 6.42 Å². The fourth-order valence-corrected chi connectivity index (χ4v) is 4.93. The fourth-order valence-electron chi connectivity index (χ4n) is 3.78. The van der Waals surface area contributed by atoms with E-state index >= 15 is 0 Å². The van der Waals surface area contributed by atoms with Crippen molar-refractivity contribution in [2.24, 2.45) is 5.73 Å². The first kappa shape index (κ1) is 19.3. The predicted molar refractivity (Wildman–Crippen MR) is 118 cm³/mol. The number of nitrogens with one attached hydrogen (secondary N) is 1. The normalized spacial score (nSPS) is 16.8. The minimum Gasteiger partial charge on any atom is -0.618 e. The van der Waals surface area contributed by atoms with E-state index in [-0.39, 0.29) is 6.04 Å². The molecule has 5 rings (SSSR count). The Kier molecular flexibility index (Phi) is 4.88. The zero-order valence-electron chi connectivity index (χ0n) is 16.3. The van der Waals surface area contributed by atoms with Gasteiger partial charge in [-0.25, -0.2) is 15.0 Å². The Morgan fingerprint density at radius 1 is 1.40 bits per heavy atom. The van der Waals surface area contributed by atoms with Crippen LogP contribution in [0.2, 0.25) is 5.02 Å². The number of benzene rings is 1. The lowest BCUT2D eigenvalue weighted by Crippen LogP contribution is -2.27. The molecule has 8 nitrogen and oxygen atoms in total. The number of halogens is 1. The largest absolute Gasteiger partial charge is 0.618 e. The van der Waals surface area contributed by atoms with Crippen LogP contribution in [-0.4, -0.2) is 39.1 Å². The molecule has 0 radical (unpaired) electrons. The molecule has 0 bridgehead atoms. The minimum atomic E-state index is 0.125. The van der Waals surface area contributed by atoms with Crippen LogP contribution >= 0.6 is 23.4 Å². The molecule has 3 aromatic heterocycles. The highest BCUT2D eigenvalue weighted by atomic mass is 35.5. The fraction of sp³-hybridized carbons (Fsp3) is 0.300. The van der Waals surface area contributed by atoms with Gasteiger partial charge in [0.05, 0.1) is 16.6 Å². The SMILES string of the molecule is CCc1[nH]c2nc(Sc3ccc4c(c3)ncc[n+]4[O-])nc(N3CC[C@H](N)C3)c2c1Cl. The standard InChI is InChI=1S/C20H20ClN7OS/c1-2-13-17(21)16-18(24-13)25-20(26-19(16)27-7-5-11(22)10-27)30-12-3-4-15-14(9-12)23-6-8-28(15)29/h3-4,6,8-9,11H,2,5,7,10,22H2,1H3,(H,24,25,26)/t11-/m0/s1. The Morgan fingerprint density at radius 2 is 2.27 bits per heavy atom. The molecule has 30 heavy (non-hydrogen) atoms. The van der Waals surface area contributed by atoms with E-state index in [9.17, 15) is 5.21 Å². The van der Waals surface area contributed by atoms with Crippen molar-refractivity contribution in [1.82, 2.24) is 19.9 Å². The minimum absolute atomic E-state index is 0.125. The molecule has 0 unspecified atom stereocenters. The van der Waals surface area contributed by atoms with Crippen LogP contribution in [0.1, 0.15) is 19.0 Å². The zero-order valence-corrected chi connectivity index (χ0v) is 17.9. The Bertz CT molecular complexity index is 1260.